The van der Waals surface area contributed by atoms with E-state index in [0.717, 1.165) is 5.69 Å². The van der Waals surface area contributed by atoms with Gasteiger partial charge in [0.2, 0.25) is 10.0 Å². The minimum atomic E-state index is -3.90. The van der Waals surface area contributed by atoms with Crippen LogP contribution in [0.3, 0.4) is 0 Å². The number of aromatic nitrogens is 2. The molecule has 1 fully saturated rings. The van der Waals surface area contributed by atoms with Gasteiger partial charge in [0.05, 0.1) is 22.9 Å². The van der Waals surface area contributed by atoms with Gasteiger partial charge in [0.1, 0.15) is 4.90 Å². The number of carbonyl (C=O) groups excluding carboxylic acids is 1. The van der Waals surface area contributed by atoms with Gasteiger partial charge in [-0.1, -0.05) is 29.8 Å². The van der Waals surface area contributed by atoms with E-state index in [9.17, 15) is 13.2 Å². The summed E-state index contributed by atoms with van der Waals surface area (Å²) in [5.41, 5.74) is 1.01. The van der Waals surface area contributed by atoms with Gasteiger partial charge in [0.25, 0.3) is 5.91 Å². The van der Waals surface area contributed by atoms with E-state index in [2.05, 4.69) is 10.4 Å². The zero-order chi connectivity index (χ0) is 22.9. The van der Waals surface area contributed by atoms with Crippen LogP contribution in [0, 0.1) is 0 Å². The Balaban J connectivity index is 1.56. The number of ether oxygens (including phenoxy) is 1. The van der Waals surface area contributed by atoms with Crippen molar-refractivity contribution in [3.05, 3.63) is 71.4 Å². The van der Waals surface area contributed by atoms with Gasteiger partial charge in [-0.25, -0.2) is 13.1 Å². The van der Waals surface area contributed by atoms with E-state index < -0.39 is 15.9 Å². The van der Waals surface area contributed by atoms with Crippen molar-refractivity contribution in [3.8, 4) is 5.69 Å². The fourth-order valence-corrected chi connectivity index (χ4v) is 5.70. The molecule has 0 unspecified atom stereocenters. The predicted molar refractivity (Wildman–Crippen MR) is 122 cm³/mol. The molecule has 2 aromatic carbocycles. The number of benzene rings is 2. The van der Waals surface area contributed by atoms with E-state index >= 15 is 0 Å². The van der Waals surface area contributed by atoms with Crippen LogP contribution in [0.25, 0.3) is 5.69 Å². The maximum atomic E-state index is 13.2. The second kappa shape index (κ2) is 9.03. The molecule has 3 aromatic rings. The fraction of sp³-hybridized carbons (Fsp3) is 0.273. The molecule has 0 radical (unpaired) electrons. The van der Waals surface area contributed by atoms with Crippen molar-refractivity contribution in [1.29, 1.82) is 0 Å². The van der Waals surface area contributed by atoms with Gasteiger partial charge < -0.3 is 10.1 Å². The van der Waals surface area contributed by atoms with Crippen LogP contribution >= 0.6 is 11.6 Å². The number of halogens is 1. The Morgan fingerprint density at radius 1 is 1.09 bits per heavy atom. The van der Waals surface area contributed by atoms with Gasteiger partial charge >= 0.3 is 0 Å². The average Bonchev–Trinajstić information content (AvgIpc) is 3.22. The molecule has 1 amide bonds. The first kappa shape index (κ1) is 22.5. The lowest BCUT2D eigenvalue weighted by atomic mass is 10.2. The second-order valence-electron chi connectivity index (χ2n) is 7.66. The summed E-state index contributed by atoms with van der Waals surface area (Å²) in [4.78, 5) is 12.7. The summed E-state index contributed by atoms with van der Waals surface area (Å²) in [6.07, 6.45) is 1.25. The van der Waals surface area contributed by atoms with E-state index in [1.54, 1.807) is 16.9 Å². The van der Waals surface area contributed by atoms with Crippen LogP contribution in [0.4, 0.5) is 5.82 Å². The van der Waals surface area contributed by atoms with Crippen molar-refractivity contribution in [3.63, 3.8) is 0 Å². The van der Waals surface area contributed by atoms with Gasteiger partial charge in [-0.05, 0) is 44.2 Å². The normalized spacial score (nSPS) is 19.6. The monoisotopic (exact) mass is 474 g/mol. The molecule has 1 aliphatic rings. The van der Waals surface area contributed by atoms with Crippen molar-refractivity contribution in [1.82, 2.24) is 14.1 Å². The molecule has 2 heterocycles. The van der Waals surface area contributed by atoms with Gasteiger partial charge in [-0.3, -0.25) is 4.79 Å². The van der Waals surface area contributed by atoms with Crippen molar-refractivity contribution in [2.75, 3.05) is 18.4 Å². The summed E-state index contributed by atoms with van der Waals surface area (Å²) in [7, 11) is -3.90. The quantitative estimate of drug-likeness (QED) is 0.610. The Hall–Kier alpha value is -2.72. The Morgan fingerprint density at radius 3 is 2.47 bits per heavy atom. The number of para-hydroxylation sites is 1. The Kier molecular flexibility index (Phi) is 6.34. The number of nitrogens with zero attached hydrogens (tertiary/aromatic N) is 3. The summed E-state index contributed by atoms with van der Waals surface area (Å²) in [5, 5.41) is 7.10. The molecular formula is C22H23ClN4O4S. The lowest BCUT2D eigenvalue weighted by Crippen LogP contribution is -2.48. The van der Waals surface area contributed by atoms with Crippen LogP contribution in [0.2, 0.25) is 5.02 Å². The summed E-state index contributed by atoms with van der Waals surface area (Å²) in [6.45, 7) is 4.07. The van der Waals surface area contributed by atoms with Crippen LogP contribution in [-0.4, -0.2) is 53.7 Å². The molecule has 2 atom stereocenters. The first-order valence-corrected chi connectivity index (χ1v) is 11.9. The van der Waals surface area contributed by atoms with Crippen molar-refractivity contribution < 1.29 is 17.9 Å². The molecule has 32 heavy (non-hydrogen) atoms. The van der Waals surface area contributed by atoms with Crippen LogP contribution in [-0.2, 0) is 14.8 Å². The molecule has 10 heteroatoms. The minimum absolute atomic E-state index is 0.0571. The lowest BCUT2D eigenvalue weighted by molar-refractivity contribution is -0.0440. The molecular weight excluding hydrogens is 452 g/mol. The highest BCUT2D eigenvalue weighted by Crippen LogP contribution is 2.28. The van der Waals surface area contributed by atoms with E-state index in [0.29, 0.717) is 5.82 Å². The molecule has 1 aliphatic heterocycles. The third-order valence-corrected chi connectivity index (χ3v) is 7.36. The number of amides is 1. The number of rotatable bonds is 5. The first-order valence-electron chi connectivity index (χ1n) is 10.1. The maximum Gasteiger partial charge on any atom is 0.256 e. The molecule has 0 saturated carbocycles. The predicted octanol–water partition coefficient (Wildman–Crippen LogP) is 3.58. The number of morpholine rings is 1. The Bertz CT molecular complexity index is 1220. The van der Waals surface area contributed by atoms with Crippen molar-refractivity contribution in [2.24, 2.45) is 0 Å². The molecule has 0 bridgehead atoms. The van der Waals surface area contributed by atoms with Gasteiger partial charge in [-0.15, -0.1) is 0 Å². The molecule has 0 spiro atoms. The van der Waals surface area contributed by atoms with E-state index in [1.807, 2.05) is 44.2 Å². The number of anilines is 1. The van der Waals surface area contributed by atoms with Gasteiger partial charge in [0.15, 0.2) is 5.82 Å². The zero-order valence-corrected chi connectivity index (χ0v) is 19.2. The smallest absolute Gasteiger partial charge is 0.256 e. The standard InChI is InChI=1S/C22H23ClN4O4S/c1-15-13-26(14-16(2)31-15)32(29,30)20-12-17(8-9-19(20)23)22(28)24-21-10-11-27(25-21)18-6-4-3-5-7-18/h3-12,15-16H,13-14H2,1-2H3,(H,24,25,28)/t15-,16-/m1/s1. The SMILES string of the molecule is C[C@@H]1CN(S(=O)(=O)c2cc(C(=O)Nc3ccn(-c4ccccc4)n3)ccc2Cl)C[C@@H](C)O1. The molecule has 1 saturated heterocycles. The van der Waals surface area contributed by atoms with Crippen LogP contribution in [0.1, 0.15) is 24.2 Å². The summed E-state index contributed by atoms with van der Waals surface area (Å²) < 4.78 is 35.1. The molecule has 1 N–H and O–H groups in total. The number of hydrogen-bond donors (Lipinski definition) is 1. The van der Waals surface area contributed by atoms with Crippen LogP contribution in [0.5, 0.6) is 0 Å². The summed E-state index contributed by atoms with van der Waals surface area (Å²) >= 11 is 6.22. The van der Waals surface area contributed by atoms with Crippen LogP contribution < -0.4 is 5.32 Å². The molecule has 1 aromatic heterocycles. The lowest BCUT2D eigenvalue weighted by Gasteiger charge is -2.34. The largest absolute Gasteiger partial charge is 0.373 e. The maximum absolute atomic E-state index is 13.2. The molecule has 168 valence electrons. The van der Waals surface area contributed by atoms with Crippen LogP contribution in [0.15, 0.2) is 65.7 Å². The number of carbonyl (C=O) groups is 1. The third-order valence-electron chi connectivity index (χ3n) is 5.05. The Labute approximate surface area is 191 Å². The number of nitrogens with one attached hydrogen (secondary N) is 1. The third kappa shape index (κ3) is 4.71. The highest BCUT2D eigenvalue weighted by atomic mass is 35.5. The highest BCUT2D eigenvalue weighted by molar-refractivity contribution is 7.89. The van der Waals surface area contributed by atoms with E-state index in [-0.39, 0.29) is 40.8 Å². The number of sulfonamides is 1. The van der Waals surface area contributed by atoms with Crippen molar-refractivity contribution in [2.45, 2.75) is 31.0 Å². The second-order valence-corrected chi connectivity index (χ2v) is 9.97. The topological polar surface area (TPSA) is 93.5 Å². The number of hydrogen-bond acceptors (Lipinski definition) is 5. The van der Waals surface area contributed by atoms with Crippen molar-refractivity contribution >= 4 is 33.3 Å². The average molecular weight is 475 g/mol. The minimum Gasteiger partial charge on any atom is -0.373 e. The molecule has 0 aliphatic carbocycles. The van der Waals surface area contributed by atoms with Gasteiger partial charge in [0, 0.05) is 30.9 Å². The van der Waals surface area contributed by atoms with E-state index in [4.69, 9.17) is 16.3 Å². The van der Waals surface area contributed by atoms with Gasteiger partial charge in [-0.2, -0.15) is 9.40 Å². The molecule has 8 nitrogen and oxygen atoms in total. The first-order chi connectivity index (χ1) is 15.2. The molecule has 4 rings (SSSR count). The zero-order valence-electron chi connectivity index (χ0n) is 17.6. The van der Waals surface area contributed by atoms with E-state index in [1.165, 1.54) is 22.5 Å². The summed E-state index contributed by atoms with van der Waals surface area (Å²) in [6, 6.07) is 15.3. The highest BCUT2D eigenvalue weighted by Gasteiger charge is 2.33. The fourth-order valence-electron chi connectivity index (χ4n) is 3.61. The summed E-state index contributed by atoms with van der Waals surface area (Å²) in [5.74, 6) is -0.144. The Morgan fingerprint density at radius 2 is 1.78 bits per heavy atom.